The second kappa shape index (κ2) is 13.2. The van der Waals surface area contributed by atoms with Crippen molar-refractivity contribution in [2.75, 3.05) is 46.9 Å². The van der Waals surface area contributed by atoms with Crippen LogP contribution in [-0.4, -0.2) is 74.6 Å². The highest BCUT2D eigenvalue weighted by molar-refractivity contribution is 14.0. The number of nitrogens with zero attached hydrogens (tertiary/aromatic N) is 3. The molecule has 2 N–H and O–H groups in total. The molecule has 1 aliphatic heterocycles. The Morgan fingerprint density at radius 2 is 2.03 bits per heavy atom. The van der Waals surface area contributed by atoms with Crippen LogP contribution in [0.1, 0.15) is 43.7 Å². The molecule has 1 saturated heterocycles. The zero-order chi connectivity index (χ0) is 22.2. The Morgan fingerprint density at radius 1 is 1.25 bits per heavy atom. The van der Waals surface area contributed by atoms with E-state index < -0.39 is 0 Å². The number of halogens is 1. The summed E-state index contributed by atoms with van der Waals surface area (Å²) in [6.07, 6.45) is 4.98. The molecule has 0 radical (unpaired) electrons. The first-order valence-corrected chi connectivity index (χ1v) is 11.6. The zero-order valence-corrected chi connectivity index (χ0v) is 22.4. The number of ether oxygens (including phenoxy) is 1. The van der Waals surface area contributed by atoms with Crippen LogP contribution in [0.3, 0.4) is 0 Å². The molecule has 3 rings (SSSR count). The van der Waals surface area contributed by atoms with Crippen LogP contribution in [-0.2, 0) is 11.3 Å². The van der Waals surface area contributed by atoms with Crippen molar-refractivity contribution in [3.63, 3.8) is 0 Å². The summed E-state index contributed by atoms with van der Waals surface area (Å²) in [6.45, 7) is 8.86. The van der Waals surface area contributed by atoms with Gasteiger partial charge in [-0.3, -0.25) is 9.69 Å². The molecule has 0 spiro atoms. The molecular formula is C24H40IN5O2. The predicted molar refractivity (Wildman–Crippen MR) is 141 cm³/mol. The smallest absolute Gasteiger partial charge is 0.241 e. The Labute approximate surface area is 210 Å². The van der Waals surface area contributed by atoms with Gasteiger partial charge >= 0.3 is 0 Å². The van der Waals surface area contributed by atoms with E-state index in [0.717, 1.165) is 37.6 Å². The van der Waals surface area contributed by atoms with Crippen LogP contribution in [0.15, 0.2) is 23.2 Å². The topological polar surface area (TPSA) is 69.2 Å². The SMILES string of the molecule is CCN1CCCC1CNC(=NCc1ccc(C)cc1OCC1CC1)NCC(=O)N(C)C.I. The van der Waals surface area contributed by atoms with Gasteiger partial charge in [0.2, 0.25) is 5.91 Å². The summed E-state index contributed by atoms with van der Waals surface area (Å²) in [6, 6.07) is 6.81. The largest absolute Gasteiger partial charge is 0.493 e. The average Bonchev–Trinajstić information content (AvgIpc) is 3.48. The molecule has 1 aromatic carbocycles. The van der Waals surface area contributed by atoms with Gasteiger partial charge in [-0.05, 0) is 63.2 Å². The van der Waals surface area contributed by atoms with Gasteiger partial charge in [0, 0.05) is 32.2 Å². The van der Waals surface area contributed by atoms with Crippen molar-refractivity contribution in [2.24, 2.45) is 10.9 Å². The normalized spacial score (nSPS) is 18.8. The molecule has 32 heavy (non-hydrogen) atoms. The van der Waals surface area contributed by atoms with E-state index in [1.807, 2.05) is 0 Å². The third-order valence-electron chi connectivity index (χ3n) is 6.12. The van der Waals surface area contributed by atoms with Gasteiger partial charge in [-0.25, -0.2) is 4.99 Å². The minimum absolute atomic E-state index is 0. The van der Waals surface area contributed by atoms with Gasteiger partial charge < -0.3 is 20.3 Å². The van der Waals surface area contributed by atoms with E-state index in [1.165, 1.54) is 31.2 Å². The maximum atomic E-state index is 12.1. The van der Waals surface area contributed by atoms with E-state index >= 15 is 0 Å². The maximum absolute atomic E-state index is 12.1. The lowest BCUT2D eigenvalue weighted by Crippen LogP contribution is -2.47. The number of likely N-dealkylation sites (tertiary alicyclic amines) is 1. The van der Waals surface area contributed by atoms with Gasteiger partial charge in [-0.2, -0.15) is 0 Å². The van der Waals surface area contributed by atoms with Crippen molar-refractivity contribution in [2.45, 2.75) is 52.1 Å². The Morgan fingerprint density at radius 3 is 2.72 bits per heavy atom. The first-order valence-electron chi connectivity index (χ1n) is 11.6. The number of likely N-dealkylation sites (N-methyl/N-ethyl adjacent to an activating group) is 2. The third-order valence-corrected chi connectivity index (χ3v) is 6.12. The predicted octanol–water partition coefficient (Wildman–Crippen LogP) is 3.01. The summed E-state index contributed by atoms with van der Waals surface area (Å²) in [5.74, 6) is 2.33. The minimum Gasteiger partial charge on any atom is -0.493 e. The molecule has 1 aromatic rings. The molecule has 2 fully saturated rings. The fourth-order valence-corrected chi connectivity index (χ4v) is 3.83. The first kappa shape index (κ1) is 26.7. The van der Waals surface area contributed by atoms with E-state index in [-0.39, 0.29) is 36.4 Å². The van der Waals surface area contributed by atoms with Gasteiger partial charge in [0.25, 0.3) is 0 Å². The molecule has 0 aromatic heterocycles. The van der Waals surface area contributed by atoms with Crippen LogP contribution >= 0.6 is 24.0 Å². The summed E-state index contributed by atoms with van der Waals surface area (Å²) in [5.41, 5.74) is 2.26. The lowest BCUT2D eigenvalue weighted by Gasteiger charge is -2.24. The Kier molecular flexibility index (Phi) is 11.0. The Balaban J connectivity index is 0.00000363. The molecule has 1 unspecified atom stereocenters. The second-order valence-electron chi connectivity index (χ2n) is 8.98. The summed E-state index contributed by atoms with van der Waals surface area (Å²) < 4.78 is 6.10. The fourth-order valence-electron chi connectivity index (χ4n) is 3.83. The molecule has 1 heterocycles. The van der Waals surface area contributed by atoms with Gasteiger partial charge in [0.15, 0.2) is 5.96 Å². The summed E-state index contributed by atoms with van der Waals surface area (Å²) >= 11 is 0. The quantitative estimate of drug-likeness (QED) is 0.263. The van der Waals surface area contributed by atoms with Crippen LogP contribution < -0.4 is 15.4 Å². The Hall–Kier alpha value is -1.55. The number of aryl methyl sites for hydroxylation is 1. The molecule has 8 heteroatoms. The molecule has 0 bridgehead atoms. The summed E-state index contributed by atoms with van der Waals surface area (Å²) in [5, 5.41) is 6.67. The van der Waals surface area contributed by atoms with Gasteiger partial charge in [-0.1, -0.05) is 19.1 Å². The van der Waals surface area contributed by atoms with E-state index in [0.29, 0.717) is 24.5 Å². The molecule has 7 nitrogen and oxygen atoms in total. The molecular weight excluding hydrogens is 517 g/mol. The van der Waals surface area contributed by atoms with Gasteiger partial charge in [0.05, 0.1) is 19.7 Å². The lowest BCUT2D eigenvalue weighted by molar-refractivity contribution is -0.127. The molecule has 1 aliphatic carbocycles. The highest BCUT2D eigenvalue weighted by atomic mass is 127. The van der Waals surface area contributed by atoms with Gasteiger partial charge in [0.1, 0.15) is 5.75 Å². The van der Waals surface area contributed by atoms with Crippen LogP contribution in [0, 0.1) is 12.8 Å². The summed E-state index contributed by atoms with van der Waals surface area (Å²) in [7, 11) is 3.53. The van der Waals surface area contributed by atoms with Crippen LogP contribution in [0.4, 0.5) is 0 Å². The van der Waals surface area contributed by atoms with E-state index in [1.54, 1.807) is 19.0 Å². The third kappa shape index (κ3) is 8.42. The highest BCUT2D eigenvalue weighted by Crippen LogP contribution is 2.31. The number of guanidine groups is 1. The second-order valence-corrected chi connectivity index (χ2v) is 8.98. The van der Waals surface area contributed by atoms with Crippen LogP contribution in [0.5, 0.6) is 5.75 Å². The number of nitrogens with one attached hydrogen (secondary N) is 2. The fraction of sp³-hybridized carbons (Fsp3) is 0.667. The monoisotopic (exact) mass is 557 g/mol. The number of carbonyl (C=O) groups is 1. The lowest BCUT2D eigenvalue weighted by atomic mass is 10.1. The van der Waals surface area contributed by atoms with Crippen molar-refractivity contribution in [1.29, 1.82) is 0 Å². The van der Waals surface area contributed by atoms with E-state index in [9.17, 15) is 4.79 Å². The standard InChI is InChI=1S/C24H39N5O2.HI/c1-5-29-12-6-7-21(29)15-26-24(27-16-23(30)28(3)4)25-14-20-11-8-18(2)13-22(20)31-17-19-9-10-19;/h8,11,13,19,21H,5-7,9-10,12,14-17H2,1-4H3,(H2,25,26,27);1H. The number of carbonyl (C=O) groups excluding carboxylic acids is 1. The van der Waals surface area contributed by atoms with Crippen molar-refractivity contribution in [3.8, 4) is 5.75 Å². The minimum atomic E-state index is 0. The van der Waals surface area contributed by atoms with Gasteiger partial charge in [-0.15, -0.1) is 24.0 Å². The molecule has 1 amide bonds. The van der Waals surface area contributed by atoms with Crippen molar-refractivity contribution < 1.29 is 9.53 Å². The number of hydrogen-bond donors (Lipinski definition) is 2. The molecule has 1 saturated carbocycles. The van der Waals surface area contributed by atoms with Crippen molar-refractivity contribution >= 4 is 35.8 Å². The number of aliphatic imine (C=N–C) groups is 1. The van der Waals surface area contributed by atoms with E-state index in [4.69, 9.17) is 9.73 Å². The number of rotatable bonds is 10. The molecule has 2 aliphatic rings. The number of amides is 1. The number of benzene rings is 1. The zero-order valence-electron chi connectivity index (χ0n) is 20.0. The average molecular weight is 558 g/mol. The van der Waals surface area contributed by atoms with Crippen molar-refractivity contribution in [3.05, 3.63) is 29.3 Å². The molecule has 180 valence electrons. The van der Waals surface area contributed by atoms with Crippen molar-refractivity contribution in [1.82, 2.24) is 20.4 Å². The Bertz CT molecular complexity index is 767. The van der Waals surface area contributed by atoms with Crippen LogP contribution in [0.25, 0.3) is 0 Å². The van der Waals surface area contributed by atoms with Crippen LogP contribution in [0.2, 0.25) is 0 Å². The highest BCUT2D eigenvalue weighted by Gasteiger charge is 2.23. The molecule has 1 atom stereocenters. The van der Waals surface area contributed by atoms with E-state index in [2.05, 4.69) is 47.6 Å². The first-order chi connectivity index (χ1) is 15.0. The number of hydrogen-bond acceptors (Lipinski definition) is 4. The summed E-state index contributed by atoms with van der Waals surface area (Å²) in [4.78, 5) is 21.0. The maximum Gasteiger partial charge on any atom is 0.241 e.